The molecule has 114 valence electrons. The second-order valence-electron chi connectivity index (χ2n) is 6.09. The van der Waals surface area contributed by atoms with Crippen LogP contribution in [-0.2, 0) is 22.4 Å². The van der Waals surface area contributed by atoms with Gasteiger partial charge >= 0.3 is 5.97 Å². The molecule has 1 amide bonds. The first-order chi connectivity index (χ1) is 10.0. The lowest BCUT2D eigenvalue weighted by Crippen LogP contribution is -2.37. The number of hydrogen-bond donors (Lipinski definition) is 1. The van der Waals surface area contributed by atoms with Crippen LogP contribution in [0.1, 0.15) is 36.9 Å². The molecule has 0 spiro atoms. The zero-order valence-electron chi connectivity index (χ0n) is 12.2. The molecule has 0 bridgehead atoms. The minimum absolute atomic E-state index is 0.0120. The first-order valence-electron chi connectivity index (χ1n) is 7.49. The van der Waals surface area contributed by atoms with Crippen LogP contribution in [0.25, 0.3) is 0 Å². The van der Waals surface area contributed by atoms with Gasteiger partial charge in [0, 0.05) is 18.5 Å². The van der Waals surface area contributed by atoms with Crippen LogP contribution in [0.3, 0.4) is 0 Å². The summed E-state index contributed by atoms with van der Waals surface area (Å²) in [7, 11) is 0. The van der Waals surface area contributed by atoms with Gasteiger partial charge in [0.2, 0.25) is 5.91 Å². The first kappa shape index (κ1) is 14.5. The number of aryl methyl sites for hydroxylation is 1. The highest BCUT2D eigenvalue weighted by Gasteiger charge is 2.55. The predicted octanol–water partition coefficient (Wildman–Crippen LogP) is 1.96. The zero-order chi connectivity index (χ0) is 15.0. The number of aliphatic carboxylic acids is 1. The van der Waals surface area contributed by atoms with Gasteiger partial charge in [-0.15, -0.1) is 11.3 Å². The lowest BCUT2D eigenvalue weighted by atomic mass is 9.81. The van der Waals surface area contributed by atoms with Crippen LogP contribution >= 0.6 is 11.3 Å². The summed E-state index contributed by atoms with van der Waals surface area (Å²) in [5, 5.41) is 12.5. The molecule has 1 saturated carbocycles. The van der Waals surface area contributed by atoms with Gasteiger partial charge < -0.3 is 10.0 Å². The Labute approximate surface area is 128 Å². The molecular formula is C15H20N2O3S. The monoisotopic (exact) mass is 308 g/mol. The molecule has 2 aliphatic rings. The van der Waals surface area contributed by atoms with Gasteiger partial charge in [0.05, 0.1) is 22.5 Å². The van der Waals surface area contributed by atoms with Crippen LogP contribution in [-0.4, -0.2) is 40.0 Å². The lowest BCUT2D eigenvalue weighted by Gasteiger charge is -2.23. The number of amides is 1. The Morgan fingerprint density at radius 3 is 3.00 bits per heavy atom. The second-order valence-corrected chi connectivity index (χ2v) is 7.03. The fraction of sp³-hybridized carbons (Fsp3) is 0.667. The summed E-state index contributed by atoms with van der Waals surface area (Å²) in [5.74, 6) is -0.596. The molecule has 2 fully saturated rings. The Hall–Kier alpha value is -1.43. The van der Waals surface area contributed by atoms with E-state index in [9.17, 15) is 14.7 Å². The average Bonchev–Trinajstić information content (AvgIpc) is 3.11. The standard InChI is InChI=1S/C15H20N2O3S/c1-2-12-16-11(8-21-12)6-13(18)17-7-10-4-3-5-15(10,9-17)14(19)20/h8,10H,2-7,9H2,1H3,(H,19,20)/t10-,15+/m0/s1. The molecule has 6 heteroatoms. The summed E-state index contributed by atoms with van der Waals surface area (Å²) in [6.07, 6.45) is 3.76. The van der Waals surface area contributed by atoms with Crippen LogP contribution in [0.5, 0.6) is 0 Å². The maximum absolute atomic E-state index is 12.4. The van der Waals surface area contributed by atoms with Crippen molar-refractivity contribution in [2.45, 2.75) is 39.0 Å². The van der Waals surface area contributed by atoms with E-state index in [4.69, 9.17) is 0 Å². The molecule has 0 radical (unpaired) electrons. The SMILES string of the molecule is CCc1nc(CC(=O)N2C[C@@H]3CCC[C@@]3(C(=O)O)C2)cs1. The van der Waals surface area contributed by atoms with Crippen molar-refractivity contribution in [1.82, 2.24) is 9.88 Å². The number of hydrogen-bond acceptors (Lipinski definition) is 4. The molecular weight excluding hydrogens is 288 g/mol. The quantitative estimate of drug-likeness (QED) is 0.923. The van der Waals surface area contributed by atoms with E-state index < -0.39 is 11.4 Å². The van der Waals surface area contributed by atoms with E-state index in [1.165, 1.54) is 0 Å². The molecule has 2 heterocycles. The second kappa shape index (κ2) is 5.40. The number of carbonyl (C=O) groups is 2. The van der Waals surface area contributed by atoms with Crippen molar-refractivity contribution < 1.29 is 14.7 Å². The lowest BCUT2D eigenvalue weighted by molar-refractivity contribution is -0.149. The number of carboxylic acids is 1. The van der Waals surface area contributed by atoms with Crippen molar-refractivity contribution >= 4 is 23.2 Å². The van der Waals surface area contributed by atoms with Crippen molar-refractivity contribution in [3.05, 3.63) is 16.1 Å². The summed E-state index contributed by atoms with van der Waals surface area (Å²) in [6.45, 7) is 3.01. The fourth-order valence-electron chi connectivity index (χ4n) is 3.69. The summed E-state index contributed by atoms with van der Waals surface area (Å²) in [6, 6.07) is 0. The summed E-state index contributed by atoms with van der Waals surface area (Å²) in [5.41, 5.74) is 0.120. The van der Waals surface area contributed by atoms with Gasteiger partial charge in [0.25, 0.3) is 0 Å². The number of thiazole rings is 1. The maximum Gasteiger partial charge on any atom is 0.311 e. The van der Waals surface area contributed by atoms with Crippen LogP contribution in [0.2, 0.25) is 0 Å². The minimum atomic E-state index is -0.734. The Balaban J connectivity index is 1.68. The molecule has 3 rings (SSSR count). The Morgan fingerprint density at radius 1 is 1.57 bits per heavy atom. The Bertz CT molecular complexity index is 571. The van der Waals surface area contributed by atoms with E-state index in [1.807, 2.05) is 12.3 Å². The van der Waals surface area contributed by atoms with E-state index in [0.717, 1.165) is 30.0 Å². The smallest absolute Gasteiger partial charge is 0.311 e. The molecule has 1 aliphatic heterocycles. The van der Waals surface area contributed by atoms with E-state index in [0.29, 0.717) is 25.9 Å². The maximum atomic E-state index is 12.4. The normalized spacial score (nSPS) is 27.9. The van der Waals surface area contributed by atoms with Crippen LogP contribution in [0.4, 0.5) is 0 Å². The number of aromatic nitrogens is 1. The van der Waals surface area contributed by atoms with Gasteiger partial charge in [-0.25, -0.2) is 4.98 Å². The number of carboxylic acid groups (broad SMARTS) is 1. The molecule has 5 nitrogen and oxygen atoms in total. The summed E-state index contributed by atoms with van der Waals surface area (Å²) >= 11 is 1.58. The highest BCUT2D eigenvalue weighted by atomic mass is 32.1. The van der Waals surface area contributed by atoms with Crippen molar-refractivity contribution in [3.63, 3.8) is 0 Å². The fourth-order valence-corrected chi connectivity index (χ4v) is 4.43. The van der Waals surface area contributed by atoms with E-state index in [2.05, 4.69) is 4.98 Å². The topological polar surface area (TPSA) is 70.5 Å². The molecule has 0 aromatic carbocycles. The highest BCUT2D eigenvalue weighted by molar-refractivity contribution is 7.09. The molecule has 1 aromatic rings. The van der Waals surface area contributed by atoms with Crippen LogP contribution < -0.4 is 0 Å². The van der Waals surface area contributed by atoms with Crippen LogP contribution in [0, 0.1) is 11.3 Å². The zero-order valence-corrected chi connectivity index (χ0v) is 13.0. The third-order valence-corrected chi connectivity index (χ3v) is 5.93. The number of carbonyl (C=O) groups excluding carboxylic acids is 1. The van der Waals surface area contributed by atoms with Gasteiger partial charge in [0.15, 0.2) is 0 Å². The van der Waals surface area contributed by atoms with Crippen molar-refractivity contribution in [2.75, 3.05) is 13.1 Å². The predicted molar refractivity (Wildman–Crippen MR) is 79.2 cm³/mol. The van der Waals surface area contributed by atoms with Crippen molar-refractivity contribution in [1.29, 1.82) is 0 Å². The number of likely N-dealkylation sites (tertiary alicyclic amines) is 1. The average molecular weight is 308 g/mol. The molecule has 2 atom stereocenters. The molecule has 1 aliphatic carbocycles. The van der Waals surface area contributed by atoms with Gasteiger partial charge in [-0.2, -0.15) is 0 Å². The first-order valence-corrected chi connectivity index (χ1v) is 8.37. The Morgan fingerprint density at radius 2 is 2.38 bits per heavy atom. The Kier molecular flexibility index (Phi) is 3.73. The molecule has 1 N–H and O–H groups in total. The number of fused-ring (bicyclic) bond motifs is 1. The van der Waals surface area contributed by atoms with E-state index in [1.54, 1.807) is 16.2 Å². The number of rotatable bonds is 4. The van der Waals surface area contributed by atoms with E-state index in [-0.39, 0.29) is 11.8 Å². The van der Waals surface area contributed by atoms with Crippen LogP contribution in [0.15, 0.2) is 5.38 Å². The molecule has 1 saturated heterocycles. The van der Waals surface area contributed by atoms with Gasteiger partial charge in [0.1, 0.15) is 0 Å². The van der Waals surface area contributed by atoms with Gasteiger partial charge in [-0.05, 0) is 25.2 Å². The summed E-state index contributed by atoms with van der Waals surface area (Å²) in [4.78, 5) is 30.2. The molecule has 21 heavy (non-hydrogen) atoms. The largest absolute Gasteiger partial charge is 0.481 e. The van der Waals surface area contributed by atoms with Crippen molar-refractivity contribution in [3.8, 4) is 0 Å². The minimum Gasteiger partial charge on any atom is -0.481 e. The van der Waals surface area contributed by atoms with Gasteiger partial charge in [-0.3, -0.25) is 9.59 Å². The summed E-state index contributed by atoms with van der Waals surface area (Å²) < 4.78 is 0. The molecule has 1 aromatic heterocycles. The third kappa shape index (κ3) is 2.46. The number of nitrogens with zero attached hydrogens (tertiary/aromatic N) is 2. The van der Waals surface area contributed by atoms with E-state index >= 15 is 0 Å². The molecule has 0 unspecified atom stereocenters. The van der Waals surface area contributed by atoms with Gasteiger partial charge in [-0.1, -0.05) is 13.3 Å². The van der Waals surface area contributed by atoms with Crippen molar-refractivity contribution in [2.24, 2.45) is 11.3 Å². The highest BCUT2D eigenvalue weighted by Crippen LogP contribution is 2.48. The third-order valence-electron chi connectivity index (χ3n) is 4.88.